The molecule has 1 nitrogen and oxygen atoms in total. The summed E-state index contributed by atoms with van der Waals surface area (Å²) in [4.78, 5) is 0. The highest BCUT2D eigenvalue weighted by Crippen LogP contribution is 2.33. The van der Waals surface area contributed by atoms with E-state index in [1.165, 1.54) is 22.5 Å². The van der Waals surface area contributed by atoms with Crippen molar-refractivity contribution in [1.29, 1.82) is 0 Å². The molecular weight excluding hydrogens is 218 g/mol. The summed E-state index contributed by atoms with van der Waals surface area (Å²) in [7, 11) is 0. The van der Waals surface area contributed by atoms with Gasteiger partial charge in [0.25, 0.3) is 0 Å². The van der Waals surface area contributed by atoms with Gasteiger partial charge in [-0.3, -0.25) is 0 Å². The molecule has 18 heavy (non-hydrogen) atoms. The molecule has 0 aliphatic carbocycles. The van der Waals surface area contributed by atoms with Gasteiger partial charge in [0.1, 0.15) is 0 Å². The highest BCUT2D eigenvalue weighted by molar-refractivity contribution is 5.62. The molecule has 0 aromatic heterocycles. The third-order valence-electron chi connectivity index (χ3n) is 3.21. The van der Waals surface area contributed by atoms with Gasteiger partial charge in [0, 0.05) is 11.4 Å². The van der Waals surface area contributed by atoms with E-state index in [1.54, 1.807) is 0 Å². The second-order valence-corrected chi connectivity index (χ2v) is 5.54. The molecule has 1 rings (SSSR count). The van der Waals surface area contributed by atoms with Crippen molar-refractivity contribution in [2.24, 2.45) is 0 Å². The van der Waals surface area contributed by atoms with Crippen LogP contribution in [0.25, 0.3) is 0 Å². The van der Waals surface area contributed by atoms with Crippen LogP contribution >= 0.6 is 0 Å². The predicted octanol–water partition coefficient (Wildman–Crippen LogP) is 5.66. The van der Waals surface area contributed by atoms with Gasteiger partial charge in [0.2, 0.25) is 0 Å². The number of allylic oxidation sites excluding steroid dienone is 2. The number of nitrogens with one attached hydrogen (secondary N) is 1. The third kappa shape index (κ3) is 3.63. The van der Waals surface area contributed by atoms with Crippen LogP contribution in [-0.4, -0.2) is 0 Å². The maximum atomic E-state index is 3.60. The first kappa shape index (κ1) is 14.8. The van der Waals surface area contributed by atoms with Crippen LogP contribution < -0.4 is 5.32 Å². The van der Waals surface area contributed by atoms with Crippen LogP contribution in [0.4, 0.5) is 5.69 Å². The van der Waals surface area contributed by atoms with Crippen LogP contribution in [0.2, 0.25) is 0 Å². The zero-order valence-corrected chi connectivity index (χ0v) is 12.7. The summed E-state index contributed by atoms with van der Waals surface area (Å²) < 4.78 is 0. The number of benzene rings is 1. The molecule has 0 spiro atoms. The van der Waals surface area contributed by atoms with Crippen molar-refractivity contribution in [3.05, 3.63) is 41.1 Å². The van der Waals surface area contributed by atoms with Gasteiger partial charge in [-0.1, -0.05) is 58.9 Å². The van der Waals surface area contributed by atoms with Crippen molar-refractivity contribution in [3.63, 3.8) is 0 Å². The van der Waals surface area contributed by atoms with Gasteiger partial charge in [0.05, 0.1) is 0 Å². The Bertz CT molecular complexity index is 387. The molecule has 0 amide bonds. The molecule has 100 valence electrons. The van der Waals surface area contributed by atoms with E-state index in [-0.39, 0.29) is 0 Å². The monoisotopic (exact) mass is 245 g/mol. The maximum absolute atomic E-state index is 3.60. The zero-order valence-electron chi connectivity index (χ0n) is 12.7. The highest BCUT2D eigenvalue weighted by atomic mass is 14.9. The molecule has 0 bridgehead atoms. The first-order chi connectivity index (χ1) is 8.47. The fourth-order valence-corrected chi connectivity index (χ4v) is 2.25. The number of rotatable bonds is 5. The Labute approximate surface area is 112 Å². The van der Waals surface area contributed by atoms with E-state index in [1.807, 2.05) is 0 Å². The molecule has 1 heteroatoms. The minimum absolute atomic E-state index is 0.542. The molecule has 1 N–H and O–H groups in total. The molecule has 1 aromatic carbocycles. The SMILES string of the molecule is CCC=C(C)Nc1c(C(C)C)cccc1C(C)C. The Kier molecular flexibility index (Phi) is 5.46. The zero-order chi connectivity index (χ0) is 13.7. The molecule has 0 aliphatic rings. The van der Waals surface area contributed by atoms with Crippen LogP contribution in [-0.2, 0) is 0 Å². The Morgan fingerprint density at radius 2 is 1.61 bits per heavy atom. The predicted molar refractivity (Wildman–Crippen MR) is 82.3 cm³/mol. The Morgan fingerprint density at radius 1 is 1.11 bits per heavy atom. The molecule has 1 aromatic rings. The fourth-order valence-electron chi connectivity index (χ4n) is 2.25. The summed E-state index contributed by atoms with van der Waals surface area (Å²) in [5.74, 6) is 1.08. The van der Waals surface area contributed by atoms with Gasteiger partial charge in [0.15, 0.2) is 0 Å². The molecular formula is C17H27N. The van der Waals surface area contributed by atoms with Crippen LogP contribution in [0.1, 0.15) is 70.9 Å². The van der Waals surface area contributed by atoms with E-state index in [9.17, 15) is 0 Å². The summed E-state index contributed by atoms with van der Waals surface area (Å²) in [5, 5.41) is 3.60. The van der Waals surface area contributed by atoms with Gasteiger partial charge in [-0.05, 0) is 36.3 Å². The normalized spacial score (nSPS) is 12.3. The number of hydrogen-bond acceptors (Lipinski definition) is 1. The summed E-state index contributed by atoms with van der Waals surface area (Å²) >= 11 is 0. The van der Waals surface area contributed by atoms with E-state index >= 15 is 0 Å². The lowest BCUT2D eigenvalue weighted by Crippen LogP contribution is -2.06. The van der Waals surface area contributed by atoms with E-state index < -0.39 is 0 Å². The van der Waals surface area contributed by atoms with Gasteiger partial charge < -0.3 is 5.32 Å². The first-order valence-corrected chi connectivity index (χ1v) is 7.03. The van der Waals surface area contributed by atoms with Gasteiger partial charge in [-0.25, -0.2) is 0 Å². The smallest absolute Gasteiger partial charge is 0.0452 e. The summed E-state index contributed by atoms with van der Waals surface area (Å²) in [6.45, 7) is 13.3. The van der Waals surface area contributed by atoms with Crippen molar-refractivity contribution in [1.82, 2.24) is 0 Å². The van der Waals surface area contributed by atoms with Crippen LogP contribution in [0, 0.1) is 0 Å². The quantitative estimate of drug-likeness (QED) is 0.706. The standard InChI is InChI=1S/C17H27N/c1-7-9-14(6)18-17-15(12(2)3)10-8-11-16(17)13(4)5/h8-13,18H,7H2,1-6H3. The topological polar surface area (TPSA) is 12.0 Å². The second kappa shape index (κ2) is 6.63. The van der Waals surface area contributed by atoms with Crippen molar-refractivity contribution in [3.8, 4) is 0 Å². The highest BCUT2D eigenvalue weighted by Gasteiger charge is 2.13. The fraction of sp³-hybridized carbons (Fsp3) is 0.529. The molecule has 0 aliphatic heterocycles. The van der Waals surface area contributed by atoms with E-state index in [4.69, 9.17) is 0 Å². The lowest BCUT2D eigenvalue weighted by molar-refractivity contribution is 0.837. The van der Waals surface area contributed by atoms with Gasteiger partial charge >= 0.3 is 0 Å². The van der Waals surface area contributed by atoms with E-state index in [0.29, 0.717) is 11.8 Å². The average Bonchev–Trinajstić information content (AvgIpc) is 2.28. The van der Waals surface area contributed by atoms with Crippen molar-refractivity contribution >= 4 is 5.69 Å². The molecule has 0 atom stereocenters. The molecule has 0 saturated heterocycles. The summed E-state index contributed by atoms with van der Waals surface area (Å²) in [5.41, 5.74) is 5.37. The van der Waals surface area contributed by atoms with E-state index in [2.05, 4.69) is 71.1 Å². The van der Waals surface area contributed by atoms with Crippen LogP contribution in [0.3, 0.4) is 0 Å². The molecule has 0 unspecified atom stereocenters. The second-order valence-electron chi connectivity index (χ2n) is 5.54. The summed E-state index contributed by atoms with van der Waals surface area (Å²) in [6.07, 6.45) is 3.31. The molecule has 0 saturated carbocycles. The maximum Gasteiger partial charge on any atom is 0.0452 e. The van der Waals surface area contributed by atoms with Crippen molar-refractivity contribution in [2.75, 3.05) is 5.32 Å². The minimum atomic E-state index is 0.542. The Morgan fingerprint density at radius 3 is 2.00 bits per heavy atom. The largest absolute Gasteiger partial charge is 0.359 e. The van der Waals surface area contributed by atoms with Crippen molar-refractivity contribution in [2.45, 2.75) is 59.8 Å². The first-order valence-electron chi connectivity index (χ1n) is 7.03. The van der Waals surface area contributed by atoms with Gasteiger partial charge in [-0.15, -0.1) is 0 Å². The lowest BCUT2D eigenvalue weighted by atomic mass is 9.92. The average molecular weight is 245 g/mol. The molecule has 0 radical (unpaired) electrons. The van der Waals surface area contributed by atoms with Crippen LogP contribution in [0.15, 0.2) is 30.0 Å². The summed E-state index contributed by atoms with van der Waals surface area (Å²) in [6, 6.07) is 6.64. The van der Waals surface area contributed by atoms with Crippen LogP contribution in [0.5, 0.6) is 0 Å². The van der Waals surface area contributed by atoms with E-state index in [0.717, 1.165) is 6.42 Å². The Balaban J connectivity index is 3.23. The van der Waals surface area contributed by atoms with Crippen molar-refractivity contribution < 1.29 is 0 Å². The molecule has 0 heterocycles. The molecule has 0 fully saturated rings. The third-order valence-corrected chi connectivity index (χ3v) is 3.21. The van der Waals surface area contributed by atoms with Gasteiger partial charge in [-0.2, -0.15) is 0 Å². The number of para-hydroxylation sites is 1. The lowest BCUT2D eigenvalue weighted by Gasteiger charge is -2.21. The number of hydrogen-bond donors (Lipinski definition) is 1. The minimum Gasteiger partial charge on any atom is -0.359 e. The number of anilines is 1. The Hall–Kier alpha value is -1.24.